The third-order valence-corrected chi connectivity index (χ3v) is 3.62. The zero-order chi connectivity index (χ0) is 16.5. The number of pyridine rings is 1. The molecular weight excluding hydrogens is 312 g/mol. The first kappa shape index (κ1) is 17.6. The Labute approximate surface area is 142 Å². The quantitative estimate of drug-likeness (QED) is 0.746. The van der Waals surface area contributed by atoms with E-state index in [1.54, 1.807) is 12.4 Å². The Hall–Kier alpha value is -1.78. The van der Waals surface area contributed by atoms with Crippen LogP contribution < -0.4 is 14.8 Å². The molecule has 0 aliphatic carbocycles. The summed E-state index contributed by atoms with van der Waals surface area (Å²) < 4.78 is 11.4. The summed E-state index contributed by atoms with van der Waals surface area (Å²) in [6.45, 7) is 6.69. The van der Waals surface area contributed by atoms with Crippen LogP contribution in [0.15, 0.2) is 36.7 Å². The van der Waals surface area contributed by atoms with Gasteiger partial charge >= 0.3 is 0 Å². The number of benzene rings is 1. The van der Waals surface area contributed by atoms with Crippen LogP contribution in [0.25, 0.3) is 0 Å². The summed E-state index contributed by atoms with van der Waals surface area (Å²) in [6.07, 6.45) is 4.52. The summed E-state index contributed by atoms with van der Waals surface area (Å²) in [5.41, 5.74) is 2.18. The molecule has 0 bridgehead atoms. The summed E-state index contributed by atoms with van der Waals surface area (Å²) in [6, 6.07) is 7.77. The summed E-state index contributed by atoms with van der Waals surface area (Å²) in [4.78, 5) is 4.01. The van der Waals surface area contributed by atoms with Gasteiger partial charge in [0.1, 0.15) is 0 Å². The first-order valence-electron chi connectivity index (χ1n) is 7.92. The molecule has 0 aliphatic rings. The van der Waals surface area contributed by atoms with E-state index in [1.165, 1.54) is 5.56 Å². The van der Waals surface area contributed by atoms with E-state index in [2.05, 4.69) is 17.2 Å². The van der Waals surface area contributed by atoms with Crippen molar-refractivity contribution in [2.24, 2.45) is 0 Å². The molecular formula is C18H23ClN2O2. The Morgan fingerprint density at radius 1 is 1.04 bits per heavy atom. The van der Waals surface area contributed by atoms with Crippen molar-refractivity contribution in [3.8, 4) is 11.5 Å². The maximum Gasteiger partial charge on any atom is 0.162 e. The van der Waals surface area contributed by atoms with Crippen molar-refractivity contribution in [1.82, 2.24) is 10.3 Å². The molecule has 1 aromatic carbocycles. The first-order valence-corrected chi connectivity index (χ1v) is 8.30. The number of ether oxygens (including phenoxy) is 2. The van der Waals surface area contributed by atoms with E-state index in [0.717, 1.165) is 24.3 Å². The lowest BCUT2D eigenvalue weighted by molar-refractivity contribution is 0.276. The minimum atomic E-state index is 0.591. The van der Waals surface area contributed by atoms with Gasteiger partial charge in [0.25, 0.3) is 0 Å². The number of rotatable bonds is 9. The molecule has 0 amide bonds. The van der Waals surface area contributed by atoms with Crippen molar-refractivity contribution in [2.45, 2.75) is 33.4 Å². The SMILES string of the molecule is CCCOc1cc(Cl)c(CNCc2ccncc2)cc1OCC. The summed E-state index contributed by atoms with van der Waals surface area (Å²) in [7, 11) is 0. The number of nitrogens with one attached hydrogen (secondary N) is 1. The highest BCUT2D eigenvalue weighted by atomic mass is 35.5. The third kappa shape index (κ3) is 5.41. The minimum Gasteiger partial charge on any atom is -0.490 e. The fourth-order valence-electron chi connectivity index (χ4n) is 2.15. The monoisotopic (exact) mass is 334 g/mol. The minimum absolute atomic E-state index is 0.591. The zero-order valence-electron chi connectivity index (χ0n) is 13.6. The predicted octanol–water partition coefficient (Wildman–Crippen LogP) is 4.21. The van der Waals surface area contributed by atoms with Crippen LogP contribution in [0.1, 0.15) is 31.4 Å². The molecule has 0 spiro atoms. The molecule has 0 fully saturated rings. The van der Waals surface area contributed by atoms with Gasteiger partial charge in [-0.05, 0) is 42.7 Å². The highest BCUT2D eigenvalue weighted by Gasteiger charge is 2.11. The summed E-state index contributed by atoms with van der Waals surface area (Å²) in [5.74, 6) is 1.45. The van der Waals surface area contributed by atoms with Crippen molar-refractivity contribution >= 4 is 11.6 Å². The second-order valence-corrected chi connectivity index (χ2v) is 5.54. The Morgan fingerprint density at radius 3 is 2.48 bits per heavy atom. The largest absolute Gasteiger partial charge is 0.490 e. The Bertz CT molecular complexity index is 605. The van der Waals surface area contributed by atoms with Gasteiger partial charge in [-0.3, -0.25) is 4.98 Å². The van der Waals surface area contributed by atoms with Gasteiger partial charge in [-0.2, -0.15) is 0 Å². The topological polar surface area (TPSA) is 43.4 Å². The van der Waals surface area contributed by atoms with Crippen molar-refractivity contribution in [1.29, 1.82) is 0 Å². The molecule has 0 radical (unpaired) electrons. The number of hydrogen-bond donors (Lipinski definition) is 1. The van der Waals surface area contributed by atoms with E-state index in [4.69, 9.17) is 21.1 Å². The lowest BCUT2D eigenvalue weighted by atomic mass is 10.2. The second kappa shape index (κ2) is 9.38. The van der Waals surface area contributed by atoms with Crippen LogP contribution in [-0.2, 0) is 13.1 Å². The van der Waals surface area contributed by atoms with Gasteiger partial charge in [0, 0.05) is 36.6 Å². The smallest absolute Gasteiger partial charge is 0.162 e. The average molecular weight is 335 g/mol. The van der Waals surface area contributed by atoms with Gasteiger partial charge in [0.2, 0.25) is 0 Å². The van der Waals surface area contributed by atoms with E-state index in [1.807, 2.05) is 31.2 Å². The van der Waals surface area contributed by atoms with Crippen molar-refractivity contribution < 1.29 is 9.47 Å². The fourth-order valence-corrected chi connectivity index (χ4v) is 2.37. The second-order valence-electron chi connectivity index (χ2n) is 5.13. The molecule has 1 heterocycles. The summed E-state index contributed by atoms with van der Waals surface area (Å²) in [5, 5.41) is 4.06. The lowest BCUT2D eigenvalue weighted by Gasteiger charge is -2.15. The van der Waals surface area contributed by atoms with Crippen LogP contribution in [0.4, 0.5) is 0 Å². The molecule has 4 nitrogen and oxygen atoms in total. The molecule has 5 heteroatoms. The van der Waals surface area contributed by atoms with E-state index in [-0.39, 0.29) is 0 Å². The van der Waals surface area contributed by atoms with Crippen LogP contribution in [0.2, 0.25) is 5.02 Å². The van der Waals surface area contributed by atoms with Crippen molar-refractivity contribution in [3.63, 3.8) is 0 Å². The molecule has 1 aromatic heterocycles. The molecule has 0 unspecified atom stereocenters. The van der Waals surface area contributed by atoms with E-state index >= 15 is 0 Å². The standard InChI is InChI=1S/C18H23ClN2O2/c1-3-9-23-18-11-16(19)15(10-17(18)22-4-2)13-21-12-14-5-7-20-8-6-14/h5-8,10-11,21H,3-4,9,12-13H2,1-2H3. The van der Waals surface area contributed by atoms with Gasteiger partial charge in [0.15, 0.2) is 11.5 Å². The molecule has 2 aromatic rings. The average Bonchev–Trinajstić information content (AvgIpc) is 2.57. The van der Waals surface area contributed by atoms with Crippen molar-refractivity contribution in [3.05, 3.63) is 52.8 Å². The van der Waals surface area contributed by atoms with Gasteiger partial charge in [-0.15, -0.1) is 0 Å². The maximum absolute atomic E-state index is 6.38. The third-order valence-electron chi connectivity index (χ3n) is 3.27. The molecule has 23 heavy (non-hydrogen) atoms. The van der Waals surface area contributed by atoms with Gasteiger partial charge in [-0.25, -0.2) is 0 Å². The van der Waals surface area contributed by atoms with Crippen LogP contribution in [0.5, 0.6) is 11.5 Å². The summed E-state index contributed by atoms with van der Waals surface area (Å²) >= 11 is 6.38. The number of hydrogen-bond acceptors (Lipinski definition) is 4. The Morgan fingerprint density at radius 2 is 1.78 bits per heavy atom. The Balaban J connectivity index is 2.04. The highest BCUT2D eigenvalue weighted by molar-refractivity contribution is 6.31. The number of halogens is 1. The predicted molar refractivity (Wildman–Crippen MR) is 93.2 cm³/mol. The van der Waals surface area contributed by atoms with Gasteiger partial charge < -0.3 is 14.8 Å². The van der Waals surface area contributed by atoms with Crippen LogP contribution >= 0.6 is 11.6 Å². The highest BCUT2D eigenvalue weighted by Crippen LogP contribution is 2.33. The molecule has 124 valence electrons. The first-order chi connectivity index (χ1) is 11.2. The lowest BCUT2D eigenvalue weighted by Crippen LogP contribution is -2.13. The van der Waals surface area contributed by atoms with Crippen LogP contribution in [-0.4, -0.2) is 18.2 Å². The molecule has 0 atom stereocenters. The molecule has 0 saturated heterocycles. The van der Waals surface area contributed by atoms with Crippen LogP contribution in [0.3, 0.4) is 0 Å². The van der Waals surface area contributed by atoms with E-state index in [0.29, 0.717) is 30.5 Å². The van der Waals surface area contributed by atoms with Gasteiger partial charge in [0.05, 0.1) is 13.2 Å². The normalized spacial score (nSPS) is 10.6. The number of aromatic nitrogens is 1. The Kier molecular flexibility index (Phi) is 7.17. The van der Waals surface area contributed by atoms with Gasteiger partial charge in [-0.1, -0.05) is 18.5 Å². The molecule has 0 saturated carbocycles. The van der Waals surface area contributed by atoms with E-state index in [9.17, 15) is 0 Å². The molecule has 0 aliphatic heterocycles. The molecule has 2 rings (SSSR count). The van der Waals surface area contributed by atoms with E-state index < -0.39 is 0 Å². The van der Waals surface area contributed by atoms with Crippen LogP contribution in [0, 0.1) is 0 Å². The fraction of sp³-hybridized carbons (Fsp3) is 0.389. The van der Waals surface area contributed by atoms with Crippen molar-refractivity contribution in [2.75, 3.05) is 13.2 Å². The molecule has 1 N–H and O–H groups in total. The number of nitrogens with zero attached hydrogens (tertiary/aromatic N) is 1. The zero-order valence-corrected chi connectivity index (χ0v) is 14.4. The maximum atomic E-state index is 6.38.